The van der Waals surface area contributed by atoms with Crippen LogP contribution in [0.5, 0.6) is 11.5 Å². The third-order valence-corrected chi connectivity index (χ3v) is 5.58. The molecule has 29 heavy (non-hydrogen) atoms. The van der Waals surface area contributed by atoms with Crippen LogP contribution in [0.2, 0.25) is 0 Å². The first kappa shape index (κ1) is 23.2. The SMILES string of the molecule is COc1cc(/C=C/C(=O)N(CCCCN(C)C)C2CCC(OC)CC2)ccc1O. The van der Waals surface area contributed by atoms with Crippen molar-refractivity contribution in [1.82, 2.24) is 9.80 Å². The summed E-state index contributed by atoms with van der Waals surface area (Å²) in [5.74, 6) is 0.536. The molecule has 0 aromatic heterocycles. The Morgan fingerprint density at radius 2 is 1.83 bits per heavy atom. The standard InChI is InChI=1S/C23H36N2O4/c1-24(2)15-5-6-16-25(19-9-11-20(28-3)12-10-19)23(27)14-8-18-7-13-21(26)22(17-18)29-4/h7-8,13-14,17,19-20,26H,5-6,9-12,15-16H2,1-4H3/b14-8+. The minimum Gasteiger partial charge on any atom is -0.504 e. The molecule has 0 spiro atoms. The van der Waals surface area contributed by atoms with Crippen molar-refractivity contribution in [1.29, 1.82) is 0 Å². The number of rotatable bonds is 10. The molecule has 1 fully saturated rings. The largest absolute Gasteiger partial charge is 0.504 e. The zero-order valence-corrected chi connectivity index (χ0v) is 18.3. The summed E-state index contributed by atoms with van der Waals surface area (Å²) in [5.41, 5.74) is 0.823. The van der Waals surface area contributed by atoms with Crippen LogP contribution >= 0.6 is 0 Å². The molecule has 0 saturated heterocycles. The van der Waals surface area contributed by atoms with E-state index in [0.717, 1.165) is 57.2 Å². The van der Waals surface area contributed by atoms with Gasteiger partial charge in [-0.25, -0.2) is 0 Å². The Morgan fingerprint density at radius 3 is 2.45 bits per heavy atom. The van der Waals surface area contributed by atoms with Crippen LogP contribution in [0.1, 0.15) is 44.1 Å². The summed E-state index contributed by atoms with van der Waals surface area (Å²) in [6.45, 7) is 1.81. The molecule has 6 nitrogen and oxygen atoms in total. The molecular weight excluding hydrogens is 368 g/mol. The van der Waals surface area contributed by atoms with Crippen molar-refractivity contribution in [2.24, 2.45) is 0 Å². The van der Waals surface area contributed by atoms with Crippen molar-refractivity contribution in [2.45, 2.75) is 50.7 Å². The van der Waals surface area contributed by atoms with Gasteiger partial charge in [0.2, 0.25) is 5.91 Å². The molecule has 1 aromatic rings. The fourth-order valence-electron chi connectivity index (χ4n) is 3.84. The molecular formula is C23H36N2O4. The molecule has 1 amide bonds. The highest BCUT2D eigenvalue weighted by molar-refractivity contribution is 5.92. The first-order valence-corrected chi connectivity index (χ1v) is 10.5. The maximum Gasteiger partial charge on any atom is 0.246 e. The summed E-state index contributed by atoms with van der Waals surface area (Å²) < 4.78 is 10.6. The Morgan fingerprint density at radius 1 is 1.14 bits per heavy atom. The first-order valence-electron chi connectivity index (χ1n) is 10.5. The quantitative estimate of drug-likeness (QED) is 0.477. The van der Waals surface area contributed by atoms with Crippen LogP contribution in [0.4, 0.5) is 0 Å². The highest BCUT2D eigenvalue weighted by Crippen LogP contribution is 2.28. The predicted molar refractivity (Wildman–Crippen MR) is 116 cm³/mol. The molecule has 0 aliphatic heterocycles. The van der Waals surface area contributed by atoms with E-state index in [1.165, 1.54) is 7.11 Å². The Bertz CT molecular complexity index is 667. The van der Waals surface area contributed by atoms with E-state index in [1.54, 1.807) is 37.5 Å². The first-order chi connectivity index (χ1) is 13.9. The van der Waals surface area contributed by atoms with E-state index in [1.807, 2.05) is 4.90 Å². The van der Waals surface area contributed by atoms with E-state index in [9.17, 15) is 9.90 Å². The Balaban J connectivity index is 2.04. The van der Waals surface area contributed by atoms with Crippen LogP contribution in [-0.4, -0.2) is 74.4 Å². The second-order valence-corrected chi connectivity index (χ2v) is 7.97. The average molecular weight is 405 g/mol. The van der Waals surface area contributed by atoms with E-state index >= 15 is 0 Å². The maximum absolute atomic E-state index is 13.0. The normalized spacial score (nSPS) is 19.6. The van der Waals surface area contributed by atoms with Crippen molar-refractivity contribution in [3.8, 4) is 11.5 Å². The van der Waals surface area contributed by atoms with Gasteiger partial charge in [0.05, 0.1) is 13.2 Å². The topological polar surface area (TPSA) is 62.2 Å². The Hall–Kier alpha value is -2.05. The molecule has 1 aliphatic carbocycles. The van der Waals surface area contributed by atoms with E-state index in [2.05, 4.69) is 19.0 Å². The van der Waals surface area contributed by atoms with Gasteiger partial charge in [-0.05, 0) is 82.9 Å². The number of hydrogen-bond acceptors (Lipinski definition) is 5. The van der Waals surface area contributed by atoms with Crippen LogP contribution in [0.3, 0.4) is 0 Å². The lowest BCUT2D eigenvalue weighted by Gasteiger charge is -2.36. The summed E-state index contributed by atoms with van der Waals surface area (Å²) in [6, 6.07) is 5.35. The number of ether oxygens (including phenoxy) is 2. The fraction of sp³-hybridized carbons (Fsp3) is 0.609. The third kappa shape index (κ3) is 7.37. The molecule has 1 N–H and O–H groups in total. The van der Waals surface area contributed by atoms with Crippen molar-refractivity contribution in [3.63, 3.8) is 0 Å². The minimum absolute atomic E-state index is 0.0442. The smallest absolute Gasteiger partial charge is 0.246 e. The molecule has 162 valence electrons. The number of phenolic OH excluding ortho intramolecular Hbond substituents is 1. The van der Waals surface area contributed by atoms with Crippen LogP contribution in [-0.2, 0) is 9.53 Å². The number of hydrogen-bond donors (Lipinski definition) is 1. The molecule has 0 radical (unpaired) electrons. The van der Waals surface area contributed by atoms with Crippen LogP contribution in [0, 0.1) is 0 Å². The van der Waals surface area contributed by atoms with Crippen LogP contribution < -0.4 is 4.74 Å². The van der Waals surface area contributed by atoms with E-state index in [4.69, 9.17) is 9.47 Å². The summed E-state index contributed by atoms with van der Waals surface area (Å²) in [6.07, 6.45) is 9.79. The highest BCUT2D eigenvalue weighted by atomic mass is 16.5. The van der Waals surface area contributed by atoms with E-state index in [0.29, 0.717) is 11.9 Å². The van der Waals surface area contributed by atoms with Gasteiger partial charge in [0, 0.05) is 25.8 Å². The number of methoxy groups -OCH3 is 2. The second kappa shape index (κ2) is 11.8. The van der Waals surface area contributed by atoms with Gasteiger partial charge in [0.1, 0.15) is 0 Å². The molecule has 1 aromatic carbocycles. The molecule has 0 atom stereocenters. The zero-order chi connectivity index (χ0) is 21.2. The number of benzene rings is 1. The summed E-state index contributed by atoms with van der Waals surface area (Å²) >= 11 is 0. The van der Waals surface area contributed by atoms with Gasteiger partial charge in [-0.2, -0.15) is 0 Å². The number of carbonyl (C=O) groups is 1. The number of carbonyl (C=O) groups excluding carboxylic acids is 1. The van der Waals surface area contributed by atoms with Crippen molar-refractivity contribution >= 4 is 12.0 Å². The second-order valence-electron chi connectivity index (χ2n) is 7.97. The molecule has 0 bridgehead atoms. The van der Waals surface area contributed by atoms with Crippen LogP contribution in [0.25, 0.3) is 6.08 Å². The van der Waals surface area contributed by atoms with Crippen molar-refractivity contribution < 1.29 is 19.4 Å². The van der Waals surface area contributed by atoms with Gasteiger partial charge in [0.25, 0.3) is 0 Å². The highest BCUT2D eigenvalue weighted by Gasteiger charge is 2.27. The predicted octanol–water partition coefficient (Wildman–Crippen LogP) is 3.54. The summed E-state index contributed by atoms with van der Waals surface area (Å²) in [5, 5.41) is 9.73. The molecule has 1 saturated carbocycles. The van der Waals surface area contributed by atoms with Crippen molar-refractivity contribution in [3.05, 3.63) is 29.8 Å². The van der Waals surface area contributed by atoms with Gasteiger partial charge < -0.3 is 24.4 Å². The molecule has 0 heterocycles. The van der Waals surface area contributed by atoms with Gasteiger partial charge >= 0.3 is 0 Å². The van der Waals surface area contributed by atoms with Gasteiger partial charge in [-0.15, -0.1) is 0 Å². The number of aromatic hydroxyl groups is 1. The number of nitrogens with zero attached hydrogens (tertiary/aromatic N) is 2. The van der Waals surface area contributed by atoms with Gasteiger partial charge in [-0.1, -0.05) is 6.07 Å². The van der Waals surface area contributed by atoms with Gasteiger partial charge in [-0.3, -0.25) is 4.79 Å². The van der Waals surface area contributed by atoms with E-state index < -0.39 is 0 Å². The molecule has 0 unspecified atom stereocenters. The minimum atomic E-state index is 0.0442. The number of unbranched alkanes of at least 4 members (excludes halogenated alkanes) is 1. The maximum atomic E-state index is 13.0. The van der Waals surface area contributed by atoms with Gasteiger partial charge in [0.15, 0.2) is 11.5 Å². The van der Waals surface area contributed by atoms with E-state index in [-0.39, 0.29) is 17.7 Å². The lowest BCUT2D eigenvalue weighted by atomic mass is 9.91. The van der Waals surface area contributed by atoms with Crippen molar-refractivity contribution in [2.75, 3.05) is 41.4 Å². The summed E-state index contributed by atoms with van der Waals surface area (Å²) in [7, 11) is 7.43. The monoisotopic (exact) mass is 404 g/mol. The lowest BCUT2D eigenvalue weighted by molar-refractivity contribution is -0.129. The Labute approximate surface area is 175 Å². The molecule has 2 rings (SSSR count). The summed E-state index contributed by atoms with van der Waals surface area (Å²) in [4.78, 5) is 17.2. The van der Waals surface area contributed by atoms with Crippen LogP contribution in [0.15, 0.2) is 24.3 Å². The zero-order valence-electron chi connectivity index (χ0n) is 18.3. The molecule has 1 aliphatic rings. The lowest BCUT2D eigenvalue weighted by Crippen LogP contribution is -2.43. The number of amides is 1. The third-order valence-electron chi connectivity index (χ3n) is 5.58. The molecule has 6 heteroatoms. The number of phenols is 1. The fourth-order valence-corrected chi connectivity index (χ4v) is 3.84. The Kier molecular flexibility index (Phi) is 9.48. The average Bonchev–Trinajstić information content (AvgIpc) is 2.73.